The SMILES string of the molecule is NC(=O)c1ccc2c(c1)CC(OCc1ccncc1)CC2. The summed E-state index contributed by atoms with van der Waals surface area (Å²) in [5.74, 6) is -0.377. The van der Waals surface area contributed by atoms with Crippen molar-refractivity contribution in [2.24, 2.45) is 5.73 Å². The van der Waals surface area contributed by atoms with E-state index in [2.05, 4.69) is 4.98 Å². The van der Waals surface area contributed by atoms with Gasteiger partial charge in [-0.05, 0) is 60.2 Å². The molecule has 0 saturated heterocycles. The minimum atomic E-state index is -0.377. The summed E-state index contributed by atoms with van der Waals surface area (Å²) < 4.78 is 5.98. The molecular weight excluding hydrogens is 264 g/mol. The Hall–Kier alpha value is -2.20. The molecule has 1 amide bonds. The molecule has 2 N–H and O–H groups in total. The highest BCUT2D eigenvalue weighted by molar-refractivity contribution is 5.93. The Morgan fingerprint density at radius 3 is 2.81 bits per heavy atom. The van der Waals surface area contributed by atoms with Gasteiger partial charge >= 0.3 is 0 Å². The number of rotatable bonds is 4. The molecular formula is C17H18N2O2. The monoisotopic (exact) mass is 282 g/mol. The van der Waals surface area contributed by atoms with Gasteiger partial charge < -0.3 is 10.5 Å². The van der Waals surface area contributed by atoms with Crippen molar-refractivity contribution < 1.29 is 9.53 Å². The lowest BCUT2D eigenvalue weighted by molar-refractivity contribution is 0.0319. The smallest absolute Gasteiger partial charge is 0.248 e. The van der Waals surface area contributed by atoms with Crippen LogP contribution in [0.15, 0.2) is 42.7 Å². The van der Waals surface area contributed by atoms with Crippen LogP contribution in [0.2, 0.25) is 0 Å². The largest absolute Gasteiger partial charge is 0.373 e. The molecule has 1 unspecified atom stereocenters. The number of primary amides is 1. The molecule has 4 heteroatoms. The Balaban J connectivity index is 1.66. The van der Waals surface area contributed by atoms with E-state index in [1.807, 2.05) is 24.3 Å². The van der Waals surface area contributed by atoms with Crippen molar-refractivity contribution in [3.05, 3.63) is 65.0 Å². The highest BCUT2D eigenvalue weighted by Gasteiger charge is 2.20. The second kappa shape index (κ2) is 6.06. The lowest BCUT2D eigenvalue weighted by Crippen LogP contribution is -2.23. The molecule has 0 saturated carbocycles. The molecule has 3 rings (SSSR count). The third kappa shape index (κ3) is 3.28. The van der Waals surface area contributed by atoms with Crippen molar-refractivity contribution in [1.82, 2.24) is 4.98 Å². The first-order valence-corrected chi connectivity index (χ1v) is 7.14. The van der Waals surface area contributed by atoms with Crippen molar-refractivity contribution in [2.75, 3.05) is 0 Å². The molecule has 4 nitrogen and oxygen atoms in total. The first-order valence-electron chi connectivity index (χ1n) is 7.14. The zero-order valence-electron chi connectivity index (χ0n) is 11.8. The van der Waals surface area contributed by atoms with Gasteiger partial charge in [0.2, 0.25) is 5.91 Å². The van der Waals surface area contributed by atoms with Gasteiger partial charge in [0.05, 0.1) is 12.7 Å². The van der Waals surface area contributed by atoms with E-state index < -0.39 is 0 Å². The lowest BCUT2D eigenvalue weighted by Gasteiger charge is -2.25. The maximum Gasteiger partial charge on any atom is 0.248 e. The molecule has 1 aliphatic carbocycles. The van der Waals surface area contributed by atoms with Crippen LogP contribution in [0.4, 0.5) is 0 Å². The zero-order valence-corrected chi connectivity index (χ0v) is 11.8. The summed E-state index contributed by atoms with van der Waals surface area (Å²) in [6.45, 7) is 0.595. The summed E-state index contributed by atoms with van der Waals surface area (Å²) in [4.78, 5) is 15.3. The standard InChI is InChI=1S/C17H18N2O2/c18-17(20)14-2-1-13-3-4-16(10-15(13)9-14)21-11-12-5-7-19-8-6-12/h1-2,5-9,16H,3-4,10-11H2,(H2,18,20). The summed E-state index contributed by atoms with van der Waals surface area (Å²) in [6, 6.07) is 9.64. The molecule has 1 atom stereocenters. The fraction of sp³-hybridized carbons (Fsp3) is 0.294. The Morgan fingerprint density at radius 1 is 1.24 bits per heavy atom. The number of carbonyl (C=O) groups is 1. The average Bonchev–Trinajstić information content (AvgIpc) is 2.53. The van der Waals surface area contributed by atoms with Gasteiger partial charge in [-0.1, -0.05) is 6.07 Å². The Morgan fingerprint density at radius 2 is 2.05 bits per heavy atom. The van der Waals surface area contributed by atoms with E-state index in [0.717, 1.165) is 24.8 Å². The lowest BCUT2D eigenvalue weighted by atomic mass is 9.88. The molecule has 0 aliphatic heterocycles. The summed E-state index contributed by atoms with van der Waals surface area (Å²) >= 11 is 0. The van der Waals surface area contributed by atoms with Gasteiger partial charge in [-0.25, -0.2) is 0 Å². The van der Waals surface area contributed by atoms with E-state index in [1.165, 1.54) is 11.1 Å². The van der Waals surface area contributed by atoms with E-state index in [0.29, 0.717) is 12.2 Å². The van der Waals surface area contributed by atoms with Gasteiger partial charge in [-0.15, -0.1) is 0 Å². The number of fused-ring (bicyclic) bond motifs is 1. The third-order valence-electron chi connectivity index (χ3n) is 3.91. The molecule has 0 radical (unpaired) electrons. The van der Waals surface area contributed by atoms with Gasteiger partial charge in [0.25, 0.3) is 0 Å². The Kier molecular flexibility index (Phi) is 3.97. The molecule has 108 valence electrons. The molecule has 0 spiro atoms. The highest BCUT2D eigenvalue weighted by atomic mass is 16.5. The van der Waals surface area contributed by atoms with E-state index in [9.17, 15) is 4.79 Å². The normalized spacial score (nSPS) is 17.2. The number of benzene rings is 1. The van der Waals surface area contributed by atoms with Crippen LogP contribution in [0.1, 0.15) is 33.5 Å². The summed E-state index contributed by atoms with van der Waals surface area (Å²) in [6.07, 6.45) is 6.56. The number of ether oxygens (including phenoxy) is 1. The quantitative estimate of drug-likeness (QED) is 0.935. The number of carbonyl (C=O) groups excluding carboxylic acids is 1. The molecule has 1 aromatic heterocycles. The van der Waals surface area contributed by atoms with E-state index in [-0.39, 0.29) is 12.0 Å². The maximum absolute atomic E-state index is 11.3. The van der Waals surface area contributed by atoms with E-state index in [1.54, 1.807) is 18.5 Å². The average molecular weight is 282 g/mol. The Bertz CT molecular complexity index is 640. The van der Waals surface area contributed by atoms with Crippen LogP contribution in [0.3, 0.4) is 0 Å². The molecule has 1 heterocycles. The third-order valence-corrected chi connectivity index (χ3v) is 3.91. The number of pyridine rings is 1. The van der Waals surface area contributed by atoms with Crippen molar-refractivity contribution in [3.8, 4) is 0 Å². The maximum atomic E-state index is 11.3. The van der Waals surface area contributed by atoms with Crippen LogP contribution < -0.4 is 5.73 Å². The summed E-state index contributed by atoms with van der Waals surface area (Å²) in [7, 11) is 0. The molecule has 1 aliphatic rings. The molecule has 1 aromatic carbocycles. The molecule has 21 heavy (non-hydrogen) atoms. The number of amides is 1. The van der Waals surface area contributed by atoms with Gasteiger partial charge in [0.1, 0.15) is 0 Å². The number of nitrogens with two attached hydrogens (primary N) is 1. The second-order valence-electron chi connectivity index (χ2n) is 5.38. The second-order valence-corrected chi connectivity index (χ2v) is 5.38. The number of nitrogens with zero attached hydrogens (tertiary/aromatic N) is 1. The van der Waals surface area contributed by atoms with Crippen molar-refractivity contribution in [3.63, 3.8) is 0 Å². The number of aryl methyl sites for hydroxylation is 1. The summed E-state index contributed by atoms with van der Waals surface area (Å²) in [5.41, 5.74) is 9.51. The highest BCUT2D eigenvalue weighted by Crippen LogP contribution is 2.25. The van der Waals surface area contributed by atoms with Crippen LogP contribution in [0.25, 0.3) is 0 Å². The zero-order chi connectivity index (χ0) is 14.7. The van der Waals surface area contributed by atoms with Crippen molar-refractivity contribution >= 4 is 5.91 Å². The van der Waals surface area contributed by atoms with Gasteiger partial charge in [-0.3, -0.25) is 9.78 Å². The topological polar surface area (TPSA) is 65.2 Å². The van der Waals surface area contributed by atoms with Gasteiger partial charge in [0.15, 0.2) is 0 Å². The van der Waals surface area contributed by atoms with Gasteiger partial charge in [0, 0.05) is 18.0 Å². The Labute approximate surface area is 124 Å². The summed E-state index contributed by atoms with van der Waals surface area (Å²) in [5, 5.41) is 0. The fourth-order valence-corrected chi connectivity index (χ4v) is 2.71. The van der Waals surface area contributed by atoms with Crippen molar-refractivity contribution in [1.29, 1.82) is 0 Å². The minimum Gasteiger partial charge on any atom is -0.373 e. The van der Waals surface area contributed by atoms with Crippen molar-refractivity contribution in [2.45, 2.75) is 32.0 Å². The number of aromatic nitrogens is 1. The van der Waals surface area contributed by atoms with Crippen LogP contribution >= 0.6 is 0 Å². The molecule has 0 bridgehead atoms. The van der Waals surface area contributed by atoms with E-state index in [4.69, 9.17) is 10.5 Å². The molecule has 0 fully saturated rings. The van der Waals surface area contributed by atoms with Gasteiger partial charge in [-0.2, -0.15) is 0 Å². The van der Waals surface area contributed by atoms with Crippen LogP contribution in [0, 0.1) is 0 Å². The predicted molar refractivity (Wildman–Crippen MR) is 79.8 cm³/mol. The van der Waals surface area contributed by atoms with Crippen LogP contribution in [0.5, 0.6) is 0 Å². The minimum absolute atomic E-state index is 0.189. The predicted octanol–water partition coefficient (Wildman–Crippen LogP) is 2.25. The van der Waals surface area contributed by atoms with Crippen LogP contribution in [-0.4, -0.2) is 17.0 Å². The first kappa shape index (κ1) is 13.8. The van der Waals surface area contributed by atoms with E-state index >= 15 is 0 Å². The fourth-order valence-electron chi connectivity index (χ4n) is 2.71. The molecule has 2 aromatic rings. The van der Waals surface area contributed by atoms with Crippen LogP contribution in [-0.2, 0) is 24.2 Å². The number of hydrogen-bond donors (Lipinski definition) is 1. The number of hydrogen-bond acceptors (Lipinski definition) is 3. The first-order chi connectivity index (χ1) is 10.2.